The number of aromatic nitrogens is 2. The second-order valence-electron chi connectivity index (χ2n) is 11.0. The molecular weight excluding hydrogens is 526 g/mol. The Morgan fingerprint density at radius 3 is 2.72 bits per heavy atom. The molecule has 39 heavy (non-hydrogen) atoms. The molecule has 6 rings (SSSR count). The maximum Gasteiger partial charge on any atom is 0.223 e. The zero-order valence-corrected chi connectivity index (χ0v) is 22.1. The van der Waals surface area contributed by atoms with Crippen LogP contribution in [0.15, 0.2) is 48.8 Å². The minimum Gasteiger partial charge on any atom is -0.480 e. The average Bonchev–Trinajstić information content (AvgIpc) is 3.56. The number of primary amides is 1. The van der Waals surface area contributed by atoms with Crippen molar-refractivity contribution >= 4 is 17.5 Å². The first-order chi connectivity index (χ1) is 18.8. The summed E-state index contributed by atoms with van der Waals surface area (Å²) < 4.78 is 39.6. The number of nitrogens with one attached hydrogen (secondary N) is 1. The van der Waals surface area contributed by atoms with Gasteiger partial charge in [-0.1, -0.05) is 41.9 Å². The lowest BCUT2D eigenvalue weighted by molar-refractivity contribution is -0.124. The van der Waals surface area contributed by atoms with E-state index >= 15 is 8.78 Å². The van der Waals surface area contributed by atoms with E-state index in [1.165, 1.54) is 12.3 Å². The van der Waals surface area contributed by atoms with Crippen molar-refractivity contribution in [3.63, 3.8) is 0 Å². The first kappa shape index (κ1) is 26.2. The predicted octanol–water partition coefficient (Wildman–Crippen LogP) is 4.31. The molecule has 3 aliphatic rings. The Kier molecular flexibility index (Phi) is 6.85. The number of hydrogen-bond acceptors (Lipinski definition) is 5. The zero-order chi connectivity index (χ0) is 27.3. The molecule has 7 nitrogen and oxygen atoms in total. The van der Waals surface area contributed by atoms with Crippen molar-refractivity contribution in [2.45, 2.75) is 68.5 Å². The van der Waals surface area contributed by atoms with Crippen LogP contribution in [0.3, 0.4) is 0 Å². The Hall–Kier alpha value is -3.01. The molecule has 0 spiro atoms. The molecule has 1 aliphatic carbocycles. The van der Waals surface area contributed by atoms with Crippen molar-refractivity contribution in [2.24, 2.45) is 11.7 Å². The third-order valence-electron chi connectivity index (χ3n) is 8.60. The summed E-state index contributed by atoms with van der Waals surface area (Å²) >= 11 is 6.58. The number of halogens is 3. The van der Waals surface area contributed by atoms with Gasteiger partial charge >= 0.3 is 0 Å². The molecule has 4 N–H and O–H groups in total. The normalized spacial score (nSPS) is 29.9. The van der Waals surface area contributed by atoms with Crippen LogP contribution in [-0.2, 0) is 23.4 Å². The molecular formula is C29H31ClF2N4O3. The fourth-order valence-corrected chi connectivity index (χ4v) is 6.83. The predicted molar refractivity (Wildman–Crippen MR) is 142 cm³/mol. The van der Waals surface area contributed by atoms with Gasteiger partial charge in [0, 0.05) is 55.5 Å². The minimum absolute atomic E-state index is 0.122. The number of carbonyl (C=O) groups is 1. The number of aliphatic hydroxyl groups is 1. The zero-order valence-electron chi connectivity index (χ0n) is 21.3. The van der Waals surface area contributed by atoms with Gasteiger partial charge < -0.3 is 25.5 Å². The molecule has 1 saturated carbocycles. The highest BCUT2D eigenvalue weighted by Gasteiger charge is 2.49. The first-order valence-electron chi connectivity index (χ1n) is 13.4. The number of alkyl halides is 1. The van der Waals surface area contributed by atoms with Gasteiger partial charge in [0.1, 0.15) is 17.4 Å². The summed E-state index contributed by atoms with van der Waals surface area (Å²) in [6.07, 6.45) is 4.51. The van der Waals surface area contributed by atoms with Gasteiger partial charge in [-0.3, -0.25) is 4.79 Å². The van der Waals surface area contributed by atoms with E-state index in [4.69, 9.17) is 22.1 Å². The van der Waals surface area contributed by atoms with Crippen molar-refractivity contribution in [1.29, 1.82) is 0 Å². The van der Waals surface area contributed by atoms with Crippen LogP contribution in [0.2, 0.25) is 5.02 Å². The number of rotatable bonds is 6. The van der Waals surface area contributed by atoms with Crippen LogP contribution in [0.1, 0.15) is 60.3 Å². The van der Waals surface area contributed by atoms with E-state index in [9.17, 15) is 9.90 Å². The fraction of sp³-hybridized carbons (Fsp3) is 0.448. The Labute approximate surface area is 230 Å². The number of benzene rings is 2. The maximum atomic E-state index is 16.1. The number of carbonyl (C=O) groups excluding carboxylic acids is 1. The molecule has 1 amide bonds. The van der Waals surface area contributed by atoms with Gasteiger partial charge in [-0.05, 0) is 36.8 Å². The smallest absolute Gasteiger partial charge is 0.223 e. The van der Waals surface area contributed by atoms with Crippen molar-refractivity contribution in [1.82, 2.24) is 14.9 Å². The number of imidazole rings is 1. The Morgan fingerprint density at radius 2 is 2.00 bits per heavy atom. The Morgan fingerprint density at radius 1 is 1.26 bits per heavy atom. The second kappa shape index (κ2) is 10.2. The lowest BCUT2D eigenvalue weighted by atomic mass is 9.75. The molecule has 3 unspecified atom stereocenters. The quantitative estimate of drug-likeness (QED) is 0.420. The SMILES string of the molecule is NC(=O)C1Cn2ccnc2C(F)C1c1c(Cl)c(F)cc2c1C[C@@](CNC1CCC(O)CC1)(c1ccccc1)O2. The van der Waals surface area contributed by atoms with E-state index in [0.29, 0.717) is 18.5 Å². The monoisotopic (exact) mass is 556 g/mol. The van der Waals surface area contributed by atoms with E-state index in [-0.39, 0.29) is 40.9 Å². The summed E-state index contributed by atoms with van der Waals surface area (Å²) in [6, 6.07) is 11.1. The van der Waals surface area contributed by atoms with Crippen molar-refractivity contribution < 1.29 is 23.4 Å². The Bertz CT molecular complexity index is 1380. The number of hydrogen-bond donors (Lipinski definition) is 3. The van der Waals surface area contributed by atoms with Gasteiger partial charge in [0.15, 0.2) is 11.8 Å². The molecule has 4 atom stereocenters. The third kappa shape index (κ3) is 4.60. The maximum absolute atomic E-state index is 16.1. The summed E-state index contributed by atoms with van der Waals surface area (Å²) in [4.78, 5) is 16.7. The lowest BCUT2D eigenvalue weighted by Crippen LogP contribution is -2.47. The van der Waals surface area contributed by atoms with Gasteiger partial charge in [-0.25, -0.2) is 13.8 Å². The molecule has 0 radical (unpaired) electrons. The number of aliphatic hydroxyl groups excluding tert-OH is 1. The van der Waals surface area contributed by atoms with Crippen LogP contribution in [0, 0.1) is 11.7 Å². The number of amides is 1. The standard InChI is InChI=1S/C29H31ClF2N4O3/c30-25-21(31)12-22-19(23(25)24-20(27(33)38)14-36-11-10-34-28(36)26(24)32)13-29(39-22,16-4-2-1-3-5-16)15-35-17-6-8-18(37)9-7-17/h1-5,10-12,17-18,20,24,26,35,37H,6-9,13-15H2,(H2,33,38)/t17?,18?,20?,24?,26?,29-/m1/s1. The van der Waals surface area contributed by atoms with Crippen LogP contribution < -0.4 is 15.8 Å². The van der Waals surface area contributed by atoms with Crippen molar-refractivity contribution in [2.75, 3.05) is 6.54 Å². The van der Waals surface area contributed by atoms with Crippen molar-refractivity contribution in [3.05, 3.63) is 82.1 Å². The minimum atomic E-state index is -1.71. The molecule has 1 aromatic heterocycles. The highest BCUT2D eigenvalue weighted by Crippen LogP contribution is 2.53. The molecule has 206 valence electrons. The first-order valence-corrected chi connectivity index (χ1v) is 13.8. The van der Waals surface area contributed by atoms with Gasteiger partial charge in [0.05, 0.1) is 17.0 Å². The number of ether oxygens (including phenoxy) is 1. The van der Waals surface area contributed by atoms with E-state index in [2.05, 4.69) is 10.3 Å². The summed E-state index contributed by atoms with van der Waals surface area (Å²) in [7, 11) is 0. The molecule has 3 aromatic rings. The van der Waals surface area contributed by atoms with E-state index in [1.54, 1.807) is 10.8 Å². The van der Waals surface area contributed by atoms with Gasteiger partial charge in [-0.2, -0.15) is 0 Å². The molecule has 1 fully saturated rings. The van der Waals surface area contributed by atoms with Crippen LogP contribution in [0.25, 0.3) is 0 Å². The molecule has 3 heterocycles. The van der Waals surface area contributed by atoms with E-state index in [0.717, 1.165) is 31.2 Å². The second-order valence-corrected chi connectivity index (χ2v) is 11.3. The van der Waals surface area contributed by atoms with Crippen LogP contribution in [0.4, 0.5) is 8.78 Å². The summed E-state index contributed by atoms with van der Waals surface area (Å²) in [6.45, 7) is 0.537. The highest BCUT2D eigenvalue weighted by atomic mass is 35.5. The third-order valence-corrected chi connectivity index (χ3v) is 8.99. The molecule has 0 bridgehead atoms. The number of nitrogens with zero attached hydrogens (tertiary/aromatic N) is 2. The highest BCUT2D eigenvalue weighted by molar-refractivity contribution is 6.31. The summed E-state index contributed by atoms with van der Waals surface area (Å²) in [5.41, 5.74) is 6.53. The topological polar surface area (TPSA) is 102 Å². The van der Waals surface area contributed by atoms with Gasteiger partial charge in [-0.15, -0.1) is 0 Å². The molecule has 2 aliphatic heterocycles. The van der Waals surface area contributed by atoms with E-state index < -0.39 is 35.3 Å². The fourth-order valence-electron chi connectivity index (χ4n) is 6.53. The molecule has 2 aromatic carbocycles. The van der Waals surface area contributed by atoms with Crippen LogP contribution >= 0.6 is 11.6 Å². The number of fused-ring (bicyclic) bond motifs is 2. The lowest BCUT2D eigenvalue weighted by Gasteiger charge is -2.35. The summed E-state index contributed by atoms with van der Waals surface area (Å²) in [5.74, 6) is -3.07. The summed E-state index contributed by atoms with van der Waals surface area (Å²) in [5, 5.41) is 13.3. The van der Waals surface area contributed by atoms with E-state index in [1.807, 2.05) is 30.3 Å². The van der Waals surface area contributed by atoms with Gasteiger partial charge in [0.2, 0.25) is 5.91 Å². The number of nitrogens with two attached hydrogens (primary N) is 1. The van der Waals surface area contributed by atoms with Crippen LogP contribution in [-0.4, -0.2) is 39.3 Å². The molecule has 10 heteroatoms. The largest absolute Gasteiger partial charge is 0.480 e. The van der Waals surface area contributed by atoms with Crippen molar-refractivity contribution in [3.8, 4) is 5.75 Å². The van der Waals surface area contributed by atoms with Crippen LogP contribution in [0.5, 0.6) is 5.75 Å². The average molecular weight is 557 g/mol. The van der Waals surface area contributed by atoms with Gasteiger partial charge in [0.25, 0.3) is 0 Å². The molecule has 0 saturated heterocycles. The Balaban J connectivity index is 1.42.